The molecule has 1 aliphatic heterocycles. The summed E-state index contributed by atoms with van der Waals surface area (Å²) in [7, 11) is -3.59. The van der Waals surface area contributed by atoms with E-state index in [-0.39, 0.29) is 36.5 Å². The van der Waals surface area contributed by atoms with Gasteiger partial charge in [0.25, 0.3) is 5.91 Å². The second kappa shape index (κ2) is 10.9. The van der Waals surface area contributed by atoms with Crippen LogP contribution in [-0.2, 0) is 26.0 Å². The molecule has 3 heterocycles. The molecular weight excluding hydrogens is 536 g/mol. The molecule has 1 amide bonds. The third kappa shape index (κ3) is 6.05. The maximum absolute atomic E-state index is 12.9. The van der Waals surface area contributed by atoms with Crippen molar-refractivity contribution in [2.24, 2.45) is 0 Å². The molecule has 0 aliphatic carbocycles. The zero-order chi connectivity index (χ0) is 27.7. The number of nitrogens with zero attached hydrogens (tertiary/aromatic N) is 3. The van der Waals surface area contributed by atoms with E-state index in [0.717, 1.165) is 40.3 Å². The van der Waals surface area contributed by atoms with Crippen LogP contribution in [0.5, 0.6) is 0 Å². The van der Waals surface area contributed by atoms with E-state index < -0.39 is 15.9 Å². The minimum absolute atomic E-state index is 0.0915. The van der Waals surface area contributed by atoms with Gasteiger partial charge in [0.05, 0.1) is 48.2 Å². The number of nitrogens with one attached hydrogen (secondary N) is 1. The Labute approximate surface area is 231 Å². The van der Waals surface area contributed by atoms with E-state index in [1.165, 1.54) is 17.5 Å². The van der Waals surface area contributed by atoms with Crippen LogP contribution in [0.3, 0.4) is 0 Å². The number of para-hydroxylation sites is 1. The fourth-order valence-electron chi connectivity index (χ4n) is 4.89. The number of fused-ring (bicyclic) bond motifs is 1. The summed E-state index contributed by atoms with van der Waals surface area (Å²) in [5.41, 5.74) is 3.50. The van der Waals surface area contributed by atoms with Gasteiger partial charge in [0.1, 0.15) is 5.01 Å². The van der Waals surface area contributed by atoms with E-state index in [1.54, 1.807) is 24.3 Å². The molecule has 2 aromatic carbocycles. The molecule has 2 aromatic heterocycles. The molecule has 204 valence electrons. The van der Waals surface area contributed by atoms with Crippen molar-refractivity contribution >= 4 is 49.6 Å². The minimum atomic E-state index is -3.59. The Morgan fingerprint density at radius 2 is 1.85 bits per heavy atom. The first-order valence-corrected chi connectivity index (χ1v) is 15.4. The van der Waals surface area contributed by atoms with Gasteiger partial charge in [0, 0.05) is 41.3 Å². The number of ketones is 1. The van der Waals surface area contributed by atoms with Gasteiger partial charge in [-0.05, 0) is 32.0 Å². The van der Waals surface area contributed by atoms with Gasteiger partial charge in [-0.15, -0.1) is 11.3 Å². The lowest BCUT2D eigenvalue weighted by atomic mass is 10.1. The summed E-state index contributed by atoms with van der Waals surface area (Å²) in [4.78, 5) is 32.5. The molecular formula is C28H30N4O5S2. The molecule has 39 heavy (non-hydrogen) atoms. The van der Waals surface area contributed by atoms with Gasteiger partial charge in [0.2, 0.25) is 10.0 Å². The van der Waals surface area contributed by atoms with Crippen molar-refractivity contribution in [3.63, 3.8) is 0 Å². The van der Waals surface area contributed by atoms with E-state index in [4.69, 9.17) is 4.74 Å². The SMILES string of the molecule is C[C@@H]1CN(c2cccc(-c3csc(CC(=O)CNC(=O)c4cn(S(C)(=O)=O)c5ccccc45)n3)c2)C[C@H](C)O1. The van der Waals surface area contributed by atoms with Crippen molar-refractivity contribution in [3.8, 4) is 11.3 Å². The lowest BCUT2D eigenvalue weighted by Crippen LogP contribution is -2.45. The van der Waals surface area contributed by atoms with Gasteiger partial charge in [-0.3, -0.25) is 9.59 Å². The third-order valence-corrected chi connectivity index (χ3v) is 8.42. The number of hydrogen-bond donors (Lipinski definition) is 1. The highest BCUT2D eigenvalue weighted by atomic mass is 32.2. The van der Waals surface area contributed by atoms with Crippen LogP contribution in [-0.4, -0.2) is 67.2 Å². The normalized spacial score (nSPS) is 17.9. The maximum atomic E-state index is 12.9. The quantitative estimate of drug-likeness (QED) is 0.346. The van der Waals surface area contributed by atoms with Crippen LogP contribution in [0.2, 0.25) is 0 Å². The van der Waals surface area contributed by atoms with E-state index in [1.807, 2.05) is 17.5 Å². The van der Waals surface area contributed by atoms with E-state index in [2.05, 4.69) is 41.2 Å². The Hall–Kier alpha value is -3.54. The summed E-state index contributed by atoms with van der Waals surface area (Å²) < 4.78 is 31.2. The predicted octanol–water partition coefficient (Wildman–Crippen LogP) is 3.73. The van der Waals surface area contributed by atoms with Crippen molar-refractivity contribution in [1.29, 1.82) is 0 Å². The van der Waals surface area contributed by atoms with Crippen LogP contribution in [0.25, 0.3) is 22.2 Å². The fraction of sp³-hybridized carbons (Fsp3) is 0.321. The number of benzene rings is 2. The zero-order valence-corrected chi connectivity index (χ0v) is 23.6. The van der Waals surface area contributed by atoms with Gasteiger partial charge < -0.3 is 15.0 Å². The topological polar surface area (TPSA) is 111 Å². The first-order chi connectivity index (χ1) is 18.6. The number of Topliss-reactive ketones (excluding diaryl/α,β-unsaturated/α-hetero) is 1. The first-order valence-electron chi connectivity index (χ1n) is 12.6. The highest BCUT2D eigenvalue weighted by Crippen LogP contribution is 2.28. The summed E-state index contributed by atoms with van der Waals surface area (Å²) >= 11 is 1.41. The van der Waals surface area contributed by atoms with Crippen LogP contribution in [0.1, 0.15) is 29.2 Å². The molecule has 4 aromatic rings. The number of ether oxygens (including phenoxy) is 1. The molecule has 5 rings (SSSR count). The summed E-state index contributed by atoms with van der Waals surface area (Å²) in [5.74, 6) is -0.702. The van der Waals surface area contributed by atoms with Crippen LogP contribution in [0.15, 0.2) is 60.1 Å². The molecule has 1 aliphatic rings. The summed E-state index contributed by atoms with van der Waals surface area (Å²) in [6.07, 6.45) is 2.78. The number of morpholine rings is 1. The Balaban J connectivity index is 1.23. The van der Waals surface area contributed by atoms with Crippen LogP contribution < -0.4 is 10.2 Å². The average molecular weight is 567 g/mol. The van der Waals surface area contributed by atoms with E-state index in [0.29, 0.717) is 15.9 Å². The highest BCUT2D eigenvalue weighted by molar-refractivity contribution is 7.89. The lowest BCUT2D eigenvalue weighted by molar-refractivity contribution is -0.117. The monoisotopic (exact) mass is 566 g/mol. The number of carbonyl (C=O) groups excluding carboxylic acids is 2. The van der Waals surface area contributed by atoms with Crippen molar-refractivity contribution in [2.45, 2.75) is 32.5 Å². The summed E-state index contributed by atoms with van der Waals surface area (Å²) in [5, 5.41) is 5.73. The van der Waals surface area contributed by atoms with Gasteiger partial charge in [0.15, 0.2) is 5.78 Å². The van der Waals surface area contributed by atoms with Gasteiger partial charge in [-0.1, -0.05) is 30.3 Å². The summed E-state index contributed by atoms with van der Waals surface area (Å²) in [6, 6.07) is 15.0. The number of carbonyl (C=O) groups is 2. The smallest absolute Gasteiger partial charge is 0.253 e. The molecule has 9 nitrogen and oxygen atoms in total. The predicted molar refractivity (Wildman–Crippen MR) is 153 cm³/mol. The third-order valence-electron chi connectivity index (χ3n) is 6.55. The van der Waals surface area contributed by atoms with Crippen molar-refractivity contribution in [2.75, 3.05) is 30.8 Å². The second-order valence-electron chi connectivity index (χ2n) is 9.86. The number of thiazole rings is 1. The van der Waals surface area contributed by atoms with Gasteiger partial charge in [-0.2, -0.15) is 0 Å². The number of hydrogen-bond acceptors (Lipinski definition) is 8. The maximum Gasteiger partial charge on any atom is 0.253 e. The van der Waals surface area contributed by atoms with Crippen molar-refractivity contribution in [1.82, 2.24) is 14.3 Å². The molecule has 1 fully saturated rings. The zero-order valence-electron chi connectivity index (χ0n) is 22.0. The Bertz CT molecular complexity index is 1630. The number of amides is 1. The molecule has 0 spiro atoms. The van der Waals surface area contributed by atoms with Gasteiger partial charge >= 0.3 is 0 Å². The van der Waals surface area contributed by atoms with Crippen molar-refractivity contribution < 1.29 is 22.7 Å². The molecule has 0 radical (unpaired) electrons. The van der Waals surface area contributed by atoms with Crippen LogP contribution >= 0.6 is 11.3 Å². The van der Waals surface area contributed by atoms with Crippen molar-refractivity contribution in [3.05, 3.63) is 70.7 Å². The molecule has 0 bridgehead atoms. The highest BCUT2D eigenvalue weighted by Gasteiger charge is 2.23. The summed E-state index contributed by atoms with van der Waals surface area (Å²) in [6.45, 7) is 5.62. The first kappa shape index (κ1) is 27.0. The van der Waals surface area contributed by atoms with Gasteiger partial charge in [-0.25, -0.2) is 17.4 Å². The van der Waals surface area contributed by atoms with E-state index >= 15 is 0 Å². The molecule has 1 N–H and O–H groups in total. The number of anilines is 1. The Kier molecular flexibility index (Phi) is 7.57. The Morgan fingerprint density at radius 1 is 1.10 bits per heavy atom. The average Bonchev–Trinajstić information content (AvgIpc) is 3.52. The largest absolute Gasteiger partial charge is 0.372 e. The molecule has 0 saturated carbocycles. The fourth-order valence-corrected chi connectivity index (χ4v) is 6.53. The standard InChI is InChI=1S/C28H30N4O5S2/c1-18-14-31(15-19(2)37-18)21-8-6-7-20(11-21)25-17-38-27(30-25)12-22(33)13-29-28(34)24-16-32(39(3,35)36)26-10-5-4-9-23(24)26/h4-11,16-19H,12-15H2,1-3H3,(H,29,34)/t18-,19+. The molecule has 1 saturated heterocycles. The lowest BCUT2D eigenvalue weighted by Gasteiger charge is -2.37. The number of aromatic nitrogens is 2. The molecule has 2 atom stereocenters. The second-order valence-corrected chi connectivity index (χ2v) is 12.7. The molecule has 0 unspecified atom stereocenters. The van der Waals surface area contributed by atoms with Crippen LogP contribution in [0, 0.1) is 0 Å². The molecule has 11 heteroatoms. The number of rotatable bonds is 8. The van der Waals surface area contributed by atoms with Crippen LogP contribution in [0.4, 0.5) is 5.69 Å². The Morgan fingerprint density at radius 3 is 2.59 bits per heavy atom. The minimum Gasteiger partial charge on any atom is -0.372 e. The van der Waals surface area contributed by atoms with E-state index in [9.17, 15) is 18.0 Å².